The third kappa shape index (κ3) is 4.76. The van der Waals surface area contributed by atoms with Gasteiger partial charge >= 0.3 is 0 Å². The molecular weight excluding hydrogens is 348 g/mol. The SMILES string of the molecule is Cc1ccc(NC(=O)CCN=C(N)Nc2ccc3c(c2)CCC3)c(Cl)c1. The maximum atomic E-state index is 12.0. The normalized spacial score (nSPS) is 13.4. The van der Waals surface area contributed by atoms with Gasteiger partial charge in [-0.3, -0.25) is 9.79 Å². The van der Waals surface area contributed by atoms with E-state index < -0.39 is 0 Å². The van der Waals surface area contributed by atoms with Gasteiger partial charge in [0.05, 0.1) is 17.3 Å². The molecule has 0 heterocycles. The summed E-state index contributed by atoms with van der Waals surface area (Å²) in [5, 5.41) is 6.40. The van der Waals surface area contributed by atoms with Crippen LogP contribution in [0.2, 0.25) is 5.02 Å². The molecular formula is C20H23ClN4O. The number of nitrogens with one attached hydrogen (secondary N) is 2. The fourth-order valence-corrected chi connectivity index (χ4v) is 3.33. The van der Waals surface area contributed by atoms with Crippen molar-refractivity contribution in [3.05, 3.63) is 58.1 Å². The smallest absolute Gasteiger partial charge is 0.226 e. The summed E-state index contributed by atoms with van der Waals surface area (Å²) >= 11 is 6.12. The van der Waals surface area contributed by atoms with Gasteiger partial charge in [-0.15, -0.1) is 0 Å². The second-order valence-corrected chi connectivity index (χ2v) is 6.92. The van der Waals surface area contributed by atoms with E-state index in [4.69, 9.17) is 17.3 Å². The summed E-state index contributed by atoms with van der Waals surface area (Å²) in [6.07, 6.45) is 3.71. The first-order valence-electron chi connectivity index (χ1n) is 8.76. The highest BCUT2D eigenvalue weighted by Crippen LogP contribution is 2.25. The second-order valence-electron chi connectivity index (χ2n) is 6.51. The van der Waals surface area contributed by atoms with E-state index in [0.29, 0.717) is 23.2 Å². The van der Waals surface area contributed by atoms with Gasteiger partial charge in [0.25, 0.3) is 0 Å². The molecule has 6 heteroatoms. The number of guanidine groups is 1. The van der Waals surface area contributed by atoms with Crippen LogP contribution in [-0.2, 0) is 17.6 Å². The van der Waals surface area contributed by atoms with Crippen LogP contribution in [-0.4, -0.2) is 18.4 Å². The Bertz CT molecular complexity index is 848. The molecule has 136 valence electrons. The molecule has 1 aliphatic rings. The number of hydrogen-bond donors (Lipinski definition) is 3. The van der Waals surface area contributed by atoms with Crippen LogP contribution < -0.4 is 16.4 Å². The minimum Gasteiger partial charge on any atom is -0.370 e. The molecule has 0 bridgehead atoms. The Morgan fingerprint density at radius 1 is 1.15 bits per heavy atom. The number of carbonyl (C=O) groups is 1. The van der Waals surface area contributed by atoms with Crippen LogP contribution in [0.1, 0.15) is 29.5 Å². The first-order chi connectivity index (χ1) is 12.5. The molecule has 0 saturated heterocycles. The maximum Gasteiger partial charge on any atom is 0.226 e. The lowest BCUT2D eigenvalue weighted by molar-refractivity contribution is -0.116. The molecule has 0 spiro atoms. The van der Waals surface area contributed by atoms with Crippen LogP contribution in [0.15, 0.2) is 41.4 Å². The van der Waals surface area contributed by atoms with E-state index in [9.17, 15) is 4.79 Å². The Hall–Kier alpha value is -2.53. The highest BCUT2D eigenvalue weighted by molar-refractivity contribution is 6.33. The lowest BCUT2D eigenvalue weighted by Crippen LogP contribution is -2.23. The lowest BCUT2D eigenvalue weighted by Gasteiger charge is -2.09. The number of halogens is 1. The Morgan fingerprint density at radius 2 is 1.96 bits per heavy atom. The van der Waals surface area contributed by atoms with E-state index in [1.807, 2.05) is 25.1 Å². The highest BCUT2D eigenvalue weighted by Gasteiger charge is 2.11. The number of nitrogens with zero attached hydrogens (tertiary/aromatic N) is 1. The Balaban J connectivity index is 1.49. The van der Waals surface area contributed by atoms with E-state index in [1.54, 1.807) is 6.07 Å². The summed E-state index contributed by atoms with van der Waals surface area (Å²) < 4.78 is 0. The van der Waals surface area contributed by atoms with Gasteiger partial charge in [-0.2, -0.15) is 0 Å². The van der Waals surface area contributed by atoms with Crippen molar-refractivity contribution in [2.45, 2.75) is 32.6 Å². The molecule has 1 aliphatic carbocycles. The van der Waals surface area contributed by atoms with Crippen molar-refractivity contribution in [2.24, 2.45) is 10.7 Å². The van der Waals surface area contributed by atoms with Crippen LogP contribution in [0.25, 0.3) is 0 Å². The minimum absolute atomic E-state index is 0.148. The molecule has 3 rings (SSSR count). The predicted octanol–water partition coefficient (Wildman–Crippen LogP) is 3.89. The molecule has 0 atom stereocenters. The fraction of sp³-hybridized carbons (Fsp3) is 0.300. The Labute approximate surface area is 158 Å². The summed E-state index contributed by atoms with van der Waals surface area (Å²) in [5.41, 5.74) is 11.3. The lowest BCUT2D eigenvalue weighted by atomic mass is 10.1. The number of nitrogens with two attached hydrogens (primary N) is 1. The second kappa shape index (κ2) is 8.23. The summed E-state index contributed by atoms with van der Waals surface area (Å²) in [5.74, 6) is 0.161. The number of fused-ring (bicyclic) bond motifs is 1. The van der Waals surface area contributed by atoms with Gasteiger partial charge in [0.15, 0.2) is 5.96 Å². The van der Waals surface area contributed by atoms with Gasteiger partial charge in [0.2, 0.25) is 5.91 Å². The van der Waals surface area contributed by atoms with Crippen molar-refractivity contribution in [1.82, 2.24) is 0 Å². The highest BCUT2D eigenvalue weighted by atomic mass is 35.5. The van der Waals surface area contributed by atoms with Crippen molar-refractivity contribution < 1.29 is 4.79 Å². The average Bonchev–Trinajstić information content (AvgIpc) is 3.05. The summed E-state index contributed by atoms with van der Waals surface area (Å²) in [4.78, 5) is 16.2. The first-order valence-corrected chi connectivity index (χ1v) is 9.14. The van der Waals surface area contributed by atoms with E-state index in [-0.39, 0.29) is 12.3 Å². The largest absolute Gasteiger partial charge is 0.370 e. The molecule has 2 aromatic rings. The monoisotopic (exact) mass is 370 g/mol. The zero-order chi connectivity index (χ0) is 18.5. The summed E-state index contributed by atoms with van der Waals surface area (Å²) in [6, 6.07) is 11.8. The quantitative estimate of drug-likeness (QED) is 0.551. The molecule has 2 aromatic carbocycles. The molecule has 0 aromatic heterocycles. The number of anilines is 2. The number of carbonyl (C=O) groups excluding carboxylic acids is 1. The standard InChI is InChI=1S/C20H23ClN4O/c1-13-5-8-18(17(21)11-13)25-19(26)9-10-23-20(22)24-16-7-6-14-3-2-4-15(14)12-16/h5-8,11-12H,2-4,9-10H2,1H3,(H,25,26)(H3,22,23,24). The van der Waals surface area contributed by atoms with Crippen LogP contribution in [0.3, 0.4) is 0 Å². The van der Waals surface area contributed by atoms with Crippen molar-refractivity contribution >= 4 is 34.8 Å². The zero-order valence-electron chi connectivity index (χ0n) is 14.8. The molecule has 0 saturated carbocycles. The average molecular weight is 371 g/mol. The number of rotatable bonds is 5. The van der Waals surface area contributed by atoms with Gasteiger partial charge in [-0.1, -0.05) is 23.7 Å². The molecule has 0 unspecified atom stereocenters. The van der Waals surface area contributed by atoms with E-state index in [0.717, 1.165) is 24.1 Å². The molecule has 0 aliphatic heterocycles. The predicted molar refractivity (Wildman–Crippen MR) is 108 cm³/mol. The van der Waals surface area contributed by atoms with E-state index >= 15 is 0 Å². The third-order valence-electron chi connectivity index (χ3n) is 4.39. The van der Waals surface area contributed by atoms with Gasteiger partial charge < -0.3 is 16.4 Å². The van der Waals surface area contributed by atoms with Crippen molar-refractivity contribution in [1.29, 1.82) is 0 Å². The van der Waals surface area contributed by atoms with Gasteiger partial charge in [-0.25, -0.2) is 0 Å². The fourth-order valence-electron chi connectivity index (χ4n) is 3.05. The van der Waals surface area contributed by atoms with Gasteiger partial charge in [0.1, 0.15) is 0 Å². The van der Waals surface area contributed by atoms with Crippen LogP contribution in [0.5, 0.6) is 0 Å². The topological polar surface area (TPSA) is 79.5 Å². The molecule has 1 amide bonds. The molecule has 5 nitrogen and oxygen atoms in total. The molecule has 4 N–H and O–H groups in total. The molecule has 26 heavy (non-hydrogen) atoms. The molecule has 0 radical (unpaired) electrons. The van der Waals surface area contributed by atoms with Gasteiger partial charge in [0, 0.05) is 12.1 Å². The number of benzene rings is 2. The summed E-state index contributed by atoms with van der Waals surface area (Å²) in [6.45, 7) is 2.25. The van der Waals surface area contributed by atoms with Crippen molar-refractivity contribution in [3.63, 3.8) is 0 Å². The first kappa shape index (κ1) is 18.3. The number of aryl methyl sites for hydroxylation is 3. The third-order valence-corrected chi connectivity index (χ3v) is 4.70. The maximum absolute atomic E-state index is 12.0. The Kier molecular flexibility index (Phi) is 5.78. The van der Waals surface area contributed by atoms with Crippen molar-refractivity contribution in [3.8, 4) is 0 Å². The zero-order valence-corrected chi connectivity index (χ0v) is 15.6. The van der Waals surface area contributed by atoms with Crippen LogP contribution >= 0.6 is 11.6 Å². The van der Waals surface area contributed by atoms with Gasteiger partial charge in [-0.05, 0) is 67.1 Å². The van der Waals surface area contributed by atoms with E-state index in [2.05, 4.69) is 27.8 Å². The number of aliphatic imine (C=N–C) groups is 1. The van der Waals surface area contributed by atoms with Crippen LogP contribution in [0.4, 0.5) is 11.4 Å². The van der Waals surface area contributed by atoms with E-state index in [1.165, 1.54) is 17.5 Å². The van der Waals surface area contributed by atoms with Crippen molar-refractivity contribution in [2.75, 3.05) is 17.2 Å². The van der Waals surface area contributed by atoms with Crippen LogP contribution in [0, 0.1) is 6.92 Å². The minimum atomic E-state index is -0.148. The number of hydrogen-bond acceptors (Lipinski definition) is 2. The number of amides is 1. The Morgan fingerprint density at radius 3 is 2.77 bits per heavy atom. The summed E-state index contributed by atoms with van der Waals surface area (Å²) in [7, 11) is 0. The molecule has 0 fully saturated rings.